The number of aromatic nitrogens is 2. The van der Waals surface area contributed by atoms with Gasteiger partial charge in [-0.3, -0.25) is 9.59 Å². The van der Waals surface area contributed by atoms with Crippen LogP contribution in [0, 0.1) is 0 Å². The van der Waals surface area contributed by atoms with Crippen LogP contribution in [0.15, 0.2) is 24.5 Å². The van der Waals surface area contributed by atoms with Crippen LogP contribution in [0.5, 0.6) is 0 Å². The third kappa shape index (κ3) is 1.52. The number of amides is 1. The molecule has 0 radical (unpaired) electrons. The van der Waals surface area contributed by atoms with Gasteiger partial charge in [0, 0.05) is 11.3 Å². The van der Waals surface area contributed by atoms with E-state index in [9.17, 15) is 9.59 Å². The van der Waals surface area contributed by atoms with Gasteiger partial charge in [0.25, 0.3) is 0 Å². The van der Waals surface area contributed by atoms with Crippen molar-refractivity contribution >= 4 is 17.9 Å². The Bertz CT molecular complexity index is 616. The number of carbonyl (C=O) groups excluding carboxylic acids is 2. The van der Waals surface area contributed by atoms with Gasteiger partial charge in [0.2, 0.25) is 5.91 Å². The predicted molar refractivity (Wildman–Crippen MR) is 61.7 cm³/mol. The number of hydrogen-bond donors (Lipinski definition) is 2. The summed E-state index contributed by atoms with van der Waals surface area (Å²) < 4.78 is 0. The Labute approximate surface area is 96.9 Å². The molecular weight excluding hydrogens is 218 g/mol. The van der Waals surface area contributed by atoms with Crippen LogP contribution in [0.3, 0.4) is 0 Å². The first-order valence-corrected chi connectivity index (χ1v) is 5.19. The first-order valence-electron chi connectivity index (χ1n) is 5.19. The highest BCUT2D eigenvalue weighted by atomic mass is 16.1. The van der Waals surface area contributed by atoms with Crippen molar-refractivity contribution in [1.82, 2.24) is 9.97 Å². The number of rotatable bonds is 2. The topological polar surface area (TPSA) is 74.8 Å². The van der Waals surface area contributed by atoms with Crippen molar-refractivity contribution in [2.24, 2.45) is 0 Å². The van der Waals surface area contributed by atoms with E-state index in [1.807, 2.05) is 18.2 Å². The molecule has 0 atom stereocenters. The number of H-pyrrole nitrogens is 1. The van der Waals surface area contributed by atoms with Gasteiger partial charge < -0.3 is 10.3 Å². The fourth-order valence-corrected chi connectivity index (χ4v) is 2.00. The number of benzene rings is 1. The Kier molecular flexibility index (Phi) is 2.04. The monoisotopic (exact) mass is 227 g/mol. The summed E-state index contributed by atoms with van der Waals surface area (Å²) in [6.45, 7) is 0. The minimum atomic E-state index is -0.00483. The fraction of sp³-hybridized carbons (Fsp3) is 0.0833. The molecule has 0 saturated heterocycles. The highest BCUT2D eigenvalue weighted by Gasteiger charge is 2.18. The molecule has 0 spiro atoms. The smallest absolute Gasteiger partial charge is 0.228 e. The number of anilines is 1. The van der Waals surface area contributed by atoms with Crippen LogP contribution in [0.25, 0.3) is 11.3 Å². The van der Waals surface area contributed by atoms with Crippen molar-refractivity contribution in [2.75, 3.05) is 5.32 Å². The van der Waals surface area contributed by atoms with E-state index < -0.39 is 0 Å². The number of fused-ring (bicyclic) bond motifs is 1. The van der Waals surface area contributed by atoms with Crippen LogP contribution in [-0.2, 0) is 11.2 Å². The van der Waals surface area contributed by atoms with Crippen molar-refractivity contribution in [1.29, 1.82) is 0 Å². The van der Waals surface area contributed by atoms with Crippen molar-refractivity contribution in [2.45, 2.75) is 6.42 Å². The average Bonchev–Trinajstić information content (AvgIpc) is 2.91. The number of aldehydes is 1. The molecule has 5 nitrogen and oxygen atoms in total. The number of nitrogens with one attached hydrogen (secondary N) is 2. The third-order valence-corrected chi connectivity index (χ3v) is 2.79. The lowest BCUT2D eigenvalue weighted by atomic mass is 10.1. The Morgan fingerprint density at radius 2 is 2.24 bits per heavy atom. The molecule has 0 bridgehead atoms. The lowest BCUT2D eigenvalue weighted by Crippen LogP contribution is -2.03. The molecular formula is C12H9N3O2. The molecule has 0 fully saturated rings. The van der Waals surface area contributed by atoms with Crippen LogP contribution in [0.1, 0.15) is 16.1 Å². The van der Waals surface area contributed by atoms with Gasteiger partial charge in [-0.15, -0.1) is 0 Å². The molecule has 17 heavy (non-hydrogen) atoms. The van der Waals surface area contributed by atoms with E-state index in [0.717, 1.165) is 23.1 Å². The molecule has 2 N–H and O–H groups in total. The van der Waals surface area contributed by atoms with Crippen LogP contribution in [-0.4, -0.2) is 22.2 Å². The molecule has 84 valence electrons. The molecule has 2 aromatic rings. The number of carbonyl (C=O) groups is 2. The van der Waals surface area contributed by atoms with Crippen LogP contribution in [0.2, 0.25) is 0 Å². The molecule has 3 rings (SSSR count). The number of imidazole rings is 1. The maximum Gasteiger partial charge on any atom is 0.228 e. The van der Waals surface area contributed by atoms with E-state index in [2.05, 4.69) is 15.3 Å². The summed E-state index contributed by atoms with van der Waals surface area (Å²) in [5, 5.41) is 2.76. The van der Waals surface area contributed by atoms with Crippen molar-refractivity contribution in [3.8, 4) is 11.3 Å². The van der Waals surface area contributed by atoms with E-state index in [4.69, 9.17) is 0 Å². The fourth-order valence-electron chi connectivity index (χ4n) is 2.00. The maximum absolute atomic E-state index is 11.2. The summed E-state index contributed by atoms with van der Waals surface area (Å²) >= 11 is 0. The molecule has 2 heterocycles. The Balaban J connectivity index is 2.09. The zero-order valence-electron chi connectivity index (χ0n) is 8.86. The van der Waals surface area contributed by atoms with Crippen LogP contribution < -0.4 is 5.32 Å². The Morgan fingerprint density at radius 3 is 3.06 bits per heavy atom. The van der Waals surface area contributed by atoms with Gasteiger partial charge in [-0.05, 0) is 17.7 Å². The quantitative estimate of drug-likeness (QED) is 0.761. The van der Waals surface area contributed by atoms with Crippen molar-refractivity contribution < 1.29 is 9.59 Å². The molecule has 0 unspecified atom stereocenters. The number of aromatic amines is 1. The second kappa shape index (κ2) is 3.55. The molecule has 1 aromatic carbocycles. The Morgan fingerprint density at radius 1 is 1.35 bits per heavy atom. The summed E-state index contributed by atoms with van der Waals surface area (Å²) in [5.41, 5.74) is 3.67. The molecule has 1 aromatic heterocycles. The van der Waals surface area contributed by atoms with Crippen LogP contribution >= 0.6 is 0 Å². The summed E-state index contributed by atoms with van der Waals surface area (Å²) in [6, 6.07) is 5.56. The zero-order valence-corrected chi connectivity index (χ0v) is 8.86. The average molecular weight is 227 g/mol. The first-order chi connectivity index (χ1) is 8.28. The number of hydrogen-bond acceptors (Lipinski definition) is 3. The molecule has 0 saturated carbocycles. The maximum atomic E-state index is 11.2. The lowest BCUT2D eigenvalue weighted by molar-refractivity contribution is -0.115. The van der Waals surface area contributed by atoms with E-state index >= 15 is 0 Å². The first kappa shape index (κ1) is 9.77. The van der Waals surface area contributed by atoms with Gasteiger partial charge in [0.1, 0.15) is 5.69 Å². The second-order valence-electron chi connectivity index (χ2n) is 3.88. The molecule has 0 aliphatic carbocycles. The zero-order chi connectivity index (χ0) is 11.8. The van der Waals surface area contributed by atoms with E-state index in [1.165, 1.54) is 6.33 Å². The molecule has 5 heteroatoms. The summed E-state index contributed by atoms with van der Waals surface area (Å²) in [6.07, 6.45) is 2.60. The minimum absolute atomic E-state index is 0.00483. The van der Waals surface area contributed by atoms with Gasteiger partial charge >= 0.3 is 0 Å². The predicted octanol–water partition coefficient (Wildman–Crippen LogP) is 1.38. The highest BCUT2D eigenvalue weighted by molar-refractivity contribution is 5.99. The summed E-state index contributed by atoms with van der Waals surface area (Å²) in [5.74, 6) is -0.00483. The second-order valence-corrected chi connectivity index (χ2v) is 3.88. The lowest BCUT2D eigenvalue weighted by Gasteiger charge is -2.02. The van der Waals surface area contributed by atoms with E-state index in [0.29, 0.717) is 17.8 Å². The van der Waals surface area contributed by atoms with Gasteiger partial charge in [-0.25, -0.2) is 4.98 Å². The molecule has 1 amide bonds. The van der Waals surface area contributed by atoms with Gasteiger partial charge in [-0.1, -0.05) is 6.07 Å². The van der Waals surface area contributed by atoms with Crippen LogP contribution in [0.4, 0.5) is 5.69 Å². The normalized spacial score (nSPS) is 13.3. The standard InChI is InChI=1S/C12H9N3O2/c16-5-10-12(14-6-13-10)7-1-2-9-8(3-7)4-11(17)15-9/h1-3,5-6H,4H2,(H,13,14)(H,15,17). The molecule has 1 aliphatic heterocycles. The summed E-state index contributed by atoms with van der Waals surface area (Å²) in [7, 11) is 0. The van der Waals surface area contributed by atoms with Gasteiger partial charge in [0.05, 0.1) is 18.4 Å². The Hall–Kier alpha value is -2.43. The SMILES string of the molecule is O=Cc1[nH]cnc1-c1ccc2c(c1)CC(=O)N2. The third-order valence-electron chi connectivity index (χ3n) is 2.79. The van der Waals surface area contributed by atoms with Crippen molar-refractivity contribution in [3.63, 3.8) is 0 Å². The van der Waals surface area contributed by atoms with Crippen molar-refractivity contribution in [3.05, 3.63) is 35.8 Å². The minimum Gasteiger partial charge on any atom is -0.342 e. The van der Waals surface area contributed by atoms with E-state index in [1.54, 1.807) is 0 Å². The largest absolute Gasteiger partial charge is 0.342 e. The van der Waals surface area contributed by atoms with Gasteiger partial charge in [-0.2, -0.15) is 0 Å². The summed E-state index contributed by atoms with van der Waals surface area (Å²) in [4.78, 5) is 28.9. The van der Waals surface area contributed by atoms with Gasteiger partial charge in [0.15, 0.2) is 6.29 Å². The number of nitrogens with zero attached hydrogens (tertiary/aromatic N) is 1. The van der Waals surface area contributed by atoms with E-state index in [-0.39, 0.29) is 5.91 Å². The highest BCUT2D eigenvalue weighted by Crippen LogP contribution is 2.28. The molecule has 1 aliphatic rings.